The number of amides is 3. The van der Waals surface area contributed by atoms with Crippen LogP contribution in [0.2, 0.25) is 0 Å². The van der Waals surface area contributed by atoms with Crippen molar-refractivity contribution in [2.24, 2.45) is 12.8 Å². The lowest BCUT2D eigenvalue weighted by molar-refractivity contribution is -0.121. The number of aryl methyl sites for hydroxylation is 1. The molecule has 0 saturated heterocycles. The molecule has 2 heterocycles. The van der Waals surface area contributed by atoms with Crippen molar-refractivity contribution in [3.05, 3.63) is 52.5 Å². The van der Waals surface area contributed by atoms with E-state index in [2.05, 4.69) is 15.6 Å². The summed E-state index contributed by atoms with van der Waals surface area (Å²) in [6, 6.07) is 10.4. The third-order valence-electron chi connectivity index (χ3n) is 3.92. The van der Waals surface area contributed by atoms with Gasteiger partial charge in [-0.05, 0) is 23.6 Å². The number of urea groups is 1. The summed E-state index contributed by atoms with van der Waals surface area (Å²) in [5, 5.41) is 7.36. The highest BCUT2D eigenvalue weighted by Crippen LogP contribution is 2.22. The average molecular weight is 357 g/mol. The van der Waals surface area contributed by atoms with Crippen LogP contribution in [0, 0.1) is 0 Å². The maximum atomic E-state index is 12.3. The molecule has 25 heavy (non-hydrogen) atoms. The molecular formula is C17H19N5O2S. The van der Waals surface area contributed by atoms with Gasteiger partial charge in [0.2, 0.25) is 5.91 Å². The fourth-order valence-electron chi connectivity index (χ4n) is 2.67. The first-order chi connectivity index (χ1) is 12.0. The van der Waals surface area contributed by atoms with E-state index < -0.39 is 12.1 Å². The number of hydrogen-bond donors (Lipinski definition) is 3. The van der Waals surface area contributed by atoms with Crippen LogP contribution >= 0.6 is 11.3 Å². The summed E-state index contributed by atoms with van der Waals surface area (Å²) >= 11 is 1.47. The Bertz CT molecular complexity index is 888. The molecule has 8 heteroatoms. The van der Waals surface area contributed by atoms with Gasteiger partial charge in [0.1, 0.15) is 5.82 Å². The number of para-hydroxylation sites is 2. The molecule has 4 N–H and O–H groups in total. The number of benzene rings is 1. The fourth-order valence-corrected chi connectivity index (χ4v) is 3.45. The number of rotatable bonds is 6. The van der Waals surface area contributed by atoms with E-state index in [9.17, 15) is 9.59 Å². The number of imidazole rings is 1. The van der Waals surface area contributed by atoms with Gasteiger partial charge in [0.25, 0.3) is 0 Å². The molecule has 3 aromatic rings. The molecule has 0 spiro atoms. The molecule has 2 aromatic heterocycles. The summed E-state index contributed by atoms with van der Waals surface area (Å²) < 4.78 is 1.95. The summed E-state index contributed by atoms with van der Waals surface area (Å²) in [5.41, 5.74) is 7.12. The van der Waals surface area contributed by atoms with E-state index in [0.717, 1.165) is 21.7 Å². The average Bonchev–Trinajstić information content (AvgIpc) is 3.21. The Balaban J connectivity index is 1.64. The highest BCUT2D eigenvalue weighted by atomic mass is 32.1. The van der Waals surface area contributed by atoms with E-state index in [1.165, 1.54) is 11.3 Å². The summed E-state index contributed by atoms with van der Waals surface area (Å²) in [7, 11) is 1.92. The topological polar surface area (TPSA) is 102 Å². The van der Waals surface area contributed by atoms with Crippen molar-refractivity contribution in [1.29, 1.82) is 0 Å². The number of primary amides is 1. The molecule has 1 atom stereocenters. The SMILES string of the molecule is Cn1c(CNC(=O)CC(NC(N)=O)c2cccs2)nc2ccccc21. The zero-order valence-corrected chi connectivity index (χ0v) is 14.5. The standard InChI is InChI=1S/C17H19N5O2S/c1-22-13-6-3-2-5-11(13)20-15(22)10-19-16(23)9-12(21-17(18)24)14-7-4-8-25-14/h2-8,12H,9-10H2,1H3,(H,19,23)(H3,18,21,24). The third-order valence-corrected chi connectivity index (χ3v) is 4.90. The van der Waals surface area contributed by atoms with Gasteiger partial charge < -0.3 is 20.9 Å². The van der Waals surface area contributed by atoms with Crippen LogP contribution in [0.1, 0.15) is 23.2 Å². The second-order valence-corrected chi connectivity index (χ2v) is 6.61. The van der Waals surface area contributed by atoms with Crippen molar-refractivity contribution in [2.75, 3.05) is 0 Å². The number of carbonyl (C=O) groups is 2. The number of nitrogens with one attached hydrogen (secondary N) is 2. The van der Waals surface area contributed by atoms with Crippen LogP contribution in [0.5, 0.6) is 0 Å². The van der Waals surface area contributed by atoms with Crippen LogP contribution in [-0.2, 0) is 18.4 Å². The second-order valence-electron chi connectivity index (χ2n) is 5.63. The lowest BCUT2D eigenvalue weighted by atomic mass is 10.1. The maximum absolute atomic E-state index is 12.3. The van der Waals surface area contributed by atoms with Gasteiger partial charge in [0.15, 0.2) is 0 Å². The zero-order valence-electron chi connectivity index (χ0n) is 13.7. The quantitative estimate of drug-likeness (QED) is 0.629. The Morgan fingerprint density at radius 1 is 1.28 bits per heavy atom. The monoisotopic (exact) mass is 357 g/mol. The largest absolute Gasteiger partial charge is 0.352 e. The molecule has 1 unspecified atom stereocenters. The van der Waals surface area contributed by atoms with Crippen molar-refractivity contribution in [3.8, 4) is 0 Å². The molecule has 7 nitrogen and oxygen atoms in total. The second kappa shape index (κ2) is 7.35. The Hall–Kier alpha value is -2.87. The van der Waals surface area contributed by atoms with Crippen molar-refractivity contribution >= 4 is 34.3 Å². The third kappa shape index (κ3) is 3.97. The number of aromatic nitrogens is 2. The zero-order chi connectivity index (χ0) is 17.8. The van der Waals surface area contributed by atoms with E-state index in [1.807, 2.05) is 53.4 Å². The number of nitrogens with two attached hydrogens (primary N) is 1. The Morgan fingerprint density at radius 3 is 2.76 bits per heavy atom. The van der Waals surface area contributed by atoms with Crippen molar-refractivity contribution in [1.82, 2.24) is 20.2 Å². The highest BCUT2D eigenvalue weighted by Gasteiger charge is 2.18. The Kier molecular flexibility index (Phi) is 4.99. The molecule has 0 aliphatic rings. The Labute approximate surface area is 148 Å². The predicted octanol–water partition coefficient (Wildman–Crippen LogP) is 2.05. The maximum Gasteiger partial charge on any atom is 0.312 e. The first-order valence-corrected chi connectivity index (χ1v) is 8.69. The van der Waals surface area contributed by atoms with E-state index >= 15 is 0 Å². The van der Waals surface area contributed by atoms with Gasteiger partial charge in [-0.1, -0.05) is 18.2 Å². The minimum absolute atomic E-state index is 0.118. The van der Waals surface area contributed by atoms with Gasteiger partial charge in [0.05, 0.1) is 30.0 Å². The van der Waals surface area contributed by atoms with Gasteiger partial charge in [-0.3, -0.25) is 4.79 Å². The van der Waals surface area contributed by atoms with Crippen molar-refractivity contribution in [3.63, 3.8) is 0 Å². The number of carbonyl (C=O) groups excluding carboxylic acids is 2. The normalized spacial score (nSPS) is 12.0. The van der Waals surface area contributed by atoms with E-state index in [0.29, 0.717) is 6.54 Å². The molecule has 0 fully saturated rings. The van der Waals surface area contributed by atoms with Gasteiger partial charge in [-0.25, -0.2) is 9.78 Å². The molecule has 0 bridgehead atoms. The van der Waals surface area contributed by atoms with Crippen LogP contribution in [0.3, 0.4) is 0 Å². The van der Waals surface area contributed by atoms with Gasteiger partial charge >= 0.3 is 6.03 Å². The van der Waals surface area contributed by atoms with Gasteiger partial charge in [0, 0.05) is 11.9 Å². The molecule has 3 amide bonds. The van der Waals surface area contributed by atoms with Crippen LogP contribution in [0.15, 0.2) is 41.8 Å². The number of nitrogens with zero attached hydrogens (tertiary/aromatic N) is 2. The summed E-state index contributed by atoms with van der Waals surface area (Å²) in [5.74, 6) is 0.587. The van der Waals surface area contributed by atoms with Crippen molar-refractivity contribution in [2.45, 2.75) is 19.0 Å². The smallest absolute Gasteiger partial charge is 0.312 e. The first-order valence-electron chi connectivity index (χ1n) is 7.81. The van der Waals surface area contributed by atoms with E-state index in [-0.39, 0.29) is 12.3 Å². The molecule has 0 saturated carbocycles. The van der Waals surface area contributed by atoms with E-state index in [1.54, 1.807) is 0 Å². The Morgan fingerprint density at radius 2 is 2.08 bits per heavy atom. The number of fused-ring (bicyclic) bond motifs is 1. The first kappa shape index (κ1) is 17.0. The lowest BCUT2D eigenvalue weighted by Gasteiger charge is -2.15. The molecule has 0 aliphatic carbocycles. The minimum Gasteiger partial charge on any atom is -0.352 e. The summed E-state index contributed by atoms with van der Waals surface area (Å²) in [6.45, 7) is 0.317. The predicted molar refractivity (Wildman–Crippen MR) is 97.0 cm³/mol. The van der Waals surface area contributed by atoms with Crippen molar-refractivity contribution < 1.29 is 9.59 Å². The number of thiophene rings is 1. The highest BCUT2D eigenvalue weighted by molar-refractivity contribution is 7.10. The van der Waals surface area contributed by atoms with E-state index in [4.69, 9.17) is 5.73 Å². The molecule has 1 aromatic carbocycles. The van der Waals surface area contributed by atoms with Gasteiger partial charge in [-0.2, -0.15) is 0 Å². The van der Waals surface area contributed by atoms with Gasteiger partial charge in [-0.15, -0.1) is 11.3 Å². The minimum atomic E-state index is -0.651. The molecule has 0 aliphatic heterocycles. The summed E-state index contributed by atoms with van der Waals surface area (Å²) in [4.78, 5) is 28.9. The molecular weight excluding hydrogens is 338 g/mol. The van der Waals surface area contributed by atoms with Crippen LogP contribution in [0.25, 0.3) is 11.0 Å². The van der Waals surface area contributed by atoms with Crippen LogP contribution < -0.4 is 16.4 Å². The molecule has 130 valence electrons. The van der Waals surface area contributed by atoms with Crippen LogP contribution in [-0.4, -0.2) is 21.5 Å². The fraction of sp³-hybridized carbons (Fsp3) is 0.235. The van der Waals surface area contributed by atoms with Crippen LogP contribution in [0.4, 0.5) is 4.79 Å². The lowest BCUT2D eigenvalue weighted by Crippen LogP contribution is -2.36. The molecule has 3 rings (SSSR count). The summed E-state index contributed by atoms with van der Waals surface area (Å²) in [6.07, 6.45) is 0.118. The molecule has 0 radical (unpaired) electrons. The number of hydrogen-bond acceptors (Lipinski definition) is 4.